The molecule has 1 N–H and O–H groups in total. The van der Waals surface area contributed by atoms with Crippen LogP contribution in [-0.2, 0) is 0 Å². The molecule has 4 rings (SSSR count). The summed E-state index contributed by atoms with van der Waals surface area (Å²) in [6, 6.07) is 13.2. The van der Waals surface area contributed by atoms with Crippen molar-refractivity contribution in [3.8, 4) is 11.5 Å². The number of rotatable bonds is 4. The summed E-state index contributed by atoms with van der Waals surface area (Å²) in [6.45, 7) is 3.45. The van der Waals surface area contributed by atoms with E-state index in [9.17, 15) is 14.9 Å². The second-order valence-corrected chi connectivity index (χ2v) is 6.53. The van der Waals surface area contributed by atoms with Crippen molar-refractivity contribution in [2.75, 3.05) is 5.32 Å². The number of aromatic nitrogens is 2. The van der Waals surface area contributed by atoms with Crippen molar-refractivity contribution < 1.29 is 14.1 Å². The molecule has 8 nitrogen and oxygen atoms in total. The van der Waals surface area contributed by atoms with Crippen LogP contribution in [0.5, 0.6) is 0 Å². The van der Waals surface area contributed by atoms with Crippen LogP contribution in [0.25, 0.3) is 22.7 Å². The number of nitrogens with one attached hydrogen (secondary N) is 1. The normalized spacial score (nSPS) is 10.8. The van der Waals surface area contributed by atoms with Crippen molar-refractivity contribution in [3.63, 3.8) is 0 Å². The number of anilines is 1. The minimum atomic E-state index is -0.472. The van der Waals surface area contributed by atoms with E-state index in [1.54, 1.807) is 37.4 Å². The third-order valence-electron chi connectivity index (χ3n) is 4.63. The lowest BCUT2D eigenvalue weighted by Gasteiger charge is -2.11. The first-order valence-corrected chi connectivity index (χ1v) is 8.82. The van der Waals surface area contributed by atoms with E-state index < -0.39 is 4.92 Å². The number of aryl methyl sites for hydroxylation is 1. The number of hydrogen-bond donors (Lipinski definition) is 1. The van der Waals surface area contributed by atoms with E-state index >= 15 is 0 Å². The highest BCUT2D eigenvalue weighted by atomic mass is 16.6. The maximum atomic E-state index is 12.7. The summed E-state index contributed by atoms with van der Waals surface area (Å²) in [5.74, 6) is 0.0564. The molecule has 29 heavy (non-hydrogen) atoms. The number of fused-ring (bicyclic) bond motifs is 1. The highest BCUT2D eigenvalue weighted by Gasteiger charge is 2.17. The zero-order valence-electron chi connectivity index (χ0n) is 15.7. The fraction of sp³-hybridized carbons (Fsp3) is 0.0952. The highest BCUT2D eigenvalue weighted by molar-refractivity contribution is 6.05. The lowest BCUT2D eigenvalue weighted by molar-refractivity contribution is -0.385. The lowest BCUT2D eigenvalue weighted by atomic mass is 10.1. The van der Waals surface area contributed by atoms with E-state index in [0.29, 0.717) is 33.9 Å². The molecule has 0 aliphatic heterocycles. The van der Waals surface area contributed by atoms with Crippen molar-refractivity contribution in [2.24, 2.45) is 0 Å². The van der Waals surface area contributed by atoms with Gasteiger partial charge in [0.1, 0.15) is 0 Å². The summed E-state index contributed by atoms with van der Waals surface area (Å²) >= 11 is 0. The van der Waals surface area contributed by atoms with E-state index in [1.807, 2.05) is 13.0 Å². The molecule has 0 atom stereocenters. The van der Waals surface area contributed by atoms with E-state index in [4.69, 9.17) is 4.42 Å². The predicted molar refractivity (Wildman–Crippen MR) is 108 cm³/mol. The van der Waals surface area contributed by atoms with Crippen molar-refractivity contribution in [1.29, 1.82) is 0 Å². The van der Waals surface area contributed by atoms with Gasteiger partial charge in [0.15, 0.2) is 11.2 Å². The van der Waals surface area contributed by atoms with Crippen LogP contribution in [0.3, 0.4) is 0 Å². The summed E-state index contributed by atoms with van der Waals surface area (Å²) in [6.07, 6.45) is 1.64. The molecule has 0 radical (unpaired) electrons. The third-order valence-corrected chi connectivity index (χ3v) is 4.63. The van der Waals surface area contributed by atoms with E-state index in [0.717, 1.165) is 11.1 Å². The van der Waals surface area contributed by atoms with Gasteiger partial charge in [0.25, 0.3) is 11.6 Å². The summed E-state index contributed by atoms with van der Waals surface area (Å²) < 4.78 is 5.78. The number of oxazole rings is 1. The SMILES string of the molecule is Cc1cc(C(=O)Nc2cccc(-c3nc4ncccc4o3)c2C)ccc1[N+](=O)[O-]. The molecule has 144 valence electrons. The number of pyridine rings is 1. The second kappa shape index (κ2) is 7.16. The number of nitro groups is 1. The van der Waals surface area contributed by atoms with Gasteiger partial charge in [0.05, 0.1) is 4.92 Å². The first kappa shape index (κ1) is 18.3. The first-order valence-electron chi connectivity index (χ1n) is 8.82. The van der Waals surface area contributed by atoms with Crippen molar-refractivity contribution >= 4 is 28.5 Å². The number of nitrogens with zero attached hydrogens (tertiary/aromatic N) is 3. The maximum Gasteiger partial charge on any atom is 0.272 e. The fourth-order valence-corrected chi connectivity index (χ4v) is 3.08. The number of hydrogen-bond acceptors (Lipinski definition) is 6. The van der Waals surface area contributed by atoms with Crippen LogP contribution in [0.2, 0.25) is 0 Å². The molecule has 0 spiro atoms. The van der Waals surface area contributed by atoms with Gasteiger partial charge >= 0.3 is 0 Å². The molecule has 2 aromatic heterocycles. The average Bonchev–Trinajstić information content (AvgIpc) is 3.13. The summed E-state index contributed by atoms with van der Waals surface area (Å²) in [4.78, 5) is 31.7. The molecule has 0 aliphatic rings. The molecule has 0 saturated carbocycles. The van der Waals surface area contributed by atoms with Gasteiger partial charge in [0.2, 0.25) is 5.89 Å². The predicted octanol–water partition coefficient (Wildman–Crippen LogP) is 4.67. The largest absolute Gasteiger partial charge is 0.434 e. The summed E-state index contributed by atoms with van der Waals surface area (Å²) in [5.41, 5.74) is 3.95. The van der Waals surface area contributed by atoms with Crippen LogP contribution in [0.15, 0.2) is 59.1 Å². The van der Waals surface area contributed by atoms with Crippen molar-refractivity contribution in [3.05, 3.63) is 81.5 Å². The van der Waals surface area contributed by atoms with Crippen molar-refractivity contribution in [2.45, 2.75) is 13.8 Å². The Bertz CT molecular complexity index is 1230. The Hall–Kier alpha value is -4.07. The lowest BCUT2D eigenvalue weighted by Crippen LogP contribution is -2.13. The fourth-order valence-electron chi connectivity index (χ4n) is 3.08. The zero-order valence-corrected chi connectivity index (χ0v) is 15.7. The number of amides is 1. The molecule has 2 aromatic carbocycles. The van der Waals surface area contributed by atoms with Crippen LogP contribution in [0.4, 0.5) is 11.4 Å². The Balaban J connectivity index is 1.64. The van der Waals surface area contributed by atoms with E-state index in [1.165, 1.54) is 18.2 Å². The van der Waals surface area contributed by atoms with Crippen LogP contribution < -0.4 is 5.32 Å². The smallest absolute Gasteiger partial charge is 0.272 e. The highest BCUT2D eigenvalue weighted by Crippen LogP contribution is 2.30. The number of nitro benzene ring substituents is 1. The standard InChI is InChI=1S/C21H16N4O4/c1-12-11-14(8-9-17(12)25(27)28)20(26)23-16-6-3-5-15(13(16)2)21-24-19-18(29-21)7-4-10-22-19/h3-11H,1-2H3,(H,23,26). The third kappa shape index (κ3) is 3.43. The maximum absolute atomic E-state index is 12.7. The quantitative estimate of drug-likeness (QED) is 0.402. The molecule has 1 amide bonds. The zero-order chi connectivity index (χ0) is 20.5. The van der Waals surface area contributed by atoms with E-state index in [-0.39, 0.29) is 11.6 Å². The Kier molecular flexibility index (Phi) is 4.52. The molecule has 0 aliphatic carbocycles. The summed E-state index contributed by atoms with van der Waals surface area (Å²) in [5, 5.41) is 13.8. The molecule has 0 fully saturated rings. The van der Waals surface area contributed by atoms with Gasteiger partial charge in [-0.05, 0) is 55.8 Å². The molecule has 0 saturated heterocycles. The van der Waals surface area contributed by atoms with Crippen LogP contribution in [0, 0.1) is 24.0 Å². The molecular formula is C21H16N4O4. The van der Waals surface area contributed by atoms with Gasteiger partial charge in [-0.3, -0.25) is 14.9 Å². The van der Waals surface area contributed by atoms with Gasteiger partial charge in [-0.15, -0.1) is 0 Å². The minimum absolute atomic E-state index is 0.0238. The van der Waals surface area contributed by atoms with Gasteiger partial charge in [-0.1, -0.05) is 6.07 Å². The number of benzene rings is 2. The Morgan fingerprint density at radius 1 is 1.14 bits per heavy atom. The average molecular weight is 388 g/mol. The Morgan fingerprint density at radius 2 is 1.97 bits per heavy atom. The number of carbonyl (C=O) groups is 1. The molecule has 2 heterocycles. The Morgan fingerprint density at radius 3 is 2.69 bits per heavy atom. The number of carbonyl (C=O) groups excluding carboxylic acids is 1. The molecule has 8 heteroatoms. The molecule has 4 aromatic rings. The second-order valence-electron chi connectivity index (χ2n) is 6.53. The van der Waals surface area contributed by atoms with Crippen LogP contribution in [-0.4, -0.2) is 20.8 Å². The van der Waals surface area contributed by atoms with Gasteiger partial charge < -0.3 is 9.73 Å². The van der Waals surface area contributed by atoms with Crippen LogP contribution >= 0.6 is 0 Å². The first-order chi connectivity index (χ1) is 13.9. The van der Waals surface area contributed by atoms with Gasteiger partial charge in [-0.2, -0.15) is 4.98 Å². The van der Waals surface area contributed by atoms with E-state index in [2.05, 4.69) is 15.3 Å². The Labute approximate surface area is 165 Å². The van der Waals surface area contributed by atoms with Gasteiger partial charge in [-0.25, -0.2) is 4.98 Å². The van der Waals surface area contributed by atoms with Crippen molar-refractivity contribution in [1.82, 2.24) is 9.97 Å². The van der Waals surface area contributed by atoms with Gasteiger partial charge in [0, 0.05) is 34.6 Å². The monoisotopic (exact) mass is 388 g/mol. The minimum Gasteiger partial charge on any atom is -0.434 e. The molecule has 0 unspecified atom stereocenters. The van der Waals surface area contributed by atoms with Crippen LogP contribution in [0.1, 0.15) is 21.5 Å². The molecule has 0 bridgehead atoms. The summed E-state index contributed by atoms with van der Waals surface area (Å²) in [7, 11) is 0. The topological polar surface area (TPSA) is 111 Å². The molecular weight excluding hydrogens is 372 g/mol.